The number of nitrogens with two attached hydrogens (primary N) is 1. The summed E-state index contributed by atoms with van der Waals surface area (Å²) in [6.07, 6.45) is 1.72. The maximum absolute atomic E-state index is 5.93. The molecule has 1 aromatic heterocycles. The first-order valence-corrected chi connectivity index (χ1v) is 6.97. The first-order valence-electron chi connectivity index (χ1n) is 6.97. The molecule has 0 fully saturated rings. The molecule has 106 valence electrons. The second-order valence-corrected chi connectivity index (χ2v) is 5.49. The molecule has 3 nitrogen and oxygen atoms in total. The Kier molecular flexibility index (Phi) is 4.40. The zero-order valence-electron chi connectivity index (χ0n) is 12.6. The van der Waals surface area contributed by atoms with Crippen molar-refractivity contribution in [2.45, 2.75) is 39.7 Å². The number of pyridine rings is 1. The van der Waals surface area contributed by atoms with E-state index in [1.165, 1.54) is 5.56 Å². The Bertz CT molecular complexity index is 574. The third-order valence-corrected chi connectivity index (χ3v) is 3.33. The molecule has 0 spiro atoms. The van der Waals surface area contributed by atoms with Crippen LogP contribution in [0, 0.1) is 6.92 Å². The average Bonchev–Trinajstić information content (AvgIpc) is 2.41. The number of ether oxygens (including phenoxy) is 1. The van der Waals surface area contributed by atoms with E-state index in [1.54, 1.807) is 6.20 Å². The number of benzene rings is 1. The zero-order valence-corrected chi connectivity index (χ0v) is 12.6. The summed E-state index contributed by atoms with van der Waals surface area (Å²) in [4.78, 5) is 4.31. The highest BCUT2D eigenvalue weighted by Crippen LogP contribution is 2.28. The van der Waals surface area contributed by atoms with Crippen LogP contribution in [0.1, 0.15) is 49.6 Å². The summed E-state index contributed by atoms with van der Waals surface area (Å²) in [5.74, 6) is 2.10. The molecule has 0 unspecified atom stereocenters. The number of nitrogens with zero attached hydrogens (tertiary/aromatic N) is 1. The molecule has 1 heterocycles. The monoisotopic (exact) mass is 270 g/mol. The number of rotatable bonds is 4. The molecular formula is C17H22N2O. The van der Waals surface area contributed by atoms with Crippen molar-refractivity contribution >= 4 is 0 Å². The van der Waals surface area contributed by atoms with Gasteiger partial charge >= 0.3 is 0 Å². The molecule has 0 aliphatic heterocycles. The Morgan fingerprint density at radius 1 is 1.10 bits per heavy atom. The Morgan fingerprint density at radius 2 is 1.85 bits per heavy atom. The normalized spacial score (nSPS) is 12.5. The summed E-state index contributed by atoms with van der Waals surface area (Å²) in [6.45, 7) is 8.31. The van der Waals surface area contributed by atoms with Gasteiger partial charge in [-0.05, 0) is 49.1 Å². The van der Waals surface area contributed by atoms with E-state index in [0.29, 0.717) is 5.92 Å². The topological polar surface area (TPSA) is 48.1 Å². The Labute approximate surface area is 120 Å². The van der Waals surface area contributed by atoms with Crippen LogP contribution in [0.5, 0.6) is 11.5 Å². The lowest BCUT2D eigenvalue weighted by Crippen LogP contribution is -2.06. The lowest BCUT2D eigenvalue weighted by atomic mass is 10.0. The third-order valence-electron chi connectivity index (χ3n) is 3.33. The first kappa shape index (κ1) is 14.5. The molecule has 1 aromatic carbocycles. The van der Waals surface area contributed by atoms with E-state index in [2.05, 4.69) is 37.0 Å². The van der Waals surface area contributed by atoms with Crippen molar-refractivity contribution in [3.8, 4) is 11.5 Å². The van der Waals surface area contributed by atoms with Crippen molar-refractivity contribution in [1.29, 1.82) is 0 Å². The van der Waals surface area contributed by atoms with E-state index in [0.717, 1.165) is 22.8 Å². The first-order chi connectivity index (χ1) is 9.47. The smallest absolute Gasteiger partial charge is 0.145 e. The van der Waals surface area contributed by atoms with Crippen molar-refractivity contribution in [3.63, 3.8) is 0 Å². The highest BCUT2D eigenvalue weighted by atomic mass is 16.5. The van der Waals surface area contributed by atoms with Gasteiger partial charge in [0.1, 0.15) is 11.5 Å². The number of hydrogen-bond acceptors (Lipinski definition) is 3. The summed E-state index contributed by atoms with van der Waals surface area (Å²) >= 11 is 0. The standard InChI is InChI=1S/C17H22N2O/c1-11(2)14-6-5-12(3)17(9-14)20-15-7-8-16(13(4)18)19-10-15/h5-11,13H,18H2,1-4H3/t13-/m1/s1. The van der Waals surface area contributed by atoms with E-state index >= 15 is 0 Å². The maximum atomic E-state index is 5.93. The SMILES string of the molecule is Cc1ccc(C(C)C)cc1Oc1ccc([C@@H](C)N)nc1. The lowest BCUT2D eigenvalue weighted by molar-refractivity contribution is 0.474. The Balaban J connectivity index is 2.23. The summed E-state index contributed by atoms with van der Waals surface area (Å²) in [5, 5.41) is 0. The number of aryl methyl sites for hydroxylation is 1. The van der Waals surface area contributed by atoms with Crippen LogP contribution in [0.25, 0.3) is 0 Å². The van der Waals surface area contributed by atoms with Gasteiger partial charge in [-0.2, -0.15) is 0 Å². The van der Waals surface area contributed by atoms with Gasteiger partial charge < -0.3 is 10.5 Å². The summed E-state index contributed by atoms with van der Waals surface area (Å²) in [7, 11) is 0. The molecule has 1 atom stereocenters. The van der Waals surface area contributed by atoms with E-state index in [-0.39, 0.29) is 6.04 Å². The van der Waals surface area contributed by atoms with Gasteiger partial charge in [0, 0.05) is 6.04 Å². The van der Waals surface area contributed by atoms with Gasteiger partial charge in [-0.1, -0.05) is 26.0 Å². The van der Waals surface area contributed by atoms with Crippen LogP contribution in [0.2, 0.25) is 0 Å². The molecule has 0 aliphatic rings. The van der Waals surface area contributed by atoms with E-state index in [4.69, 9.17) is 10.5 Å². The number of aromatic nitrogens is 1. The van der Waals surface area contributed by atoms with Gasteiger partial charge in [-0.25, -0.2) is 0 Å². The second-order valence-electron chi connectivity index (χ2n) is 5.49. The van der Waals surface area contributed by atoms with Gasteiger partial charge in [0.2, 0.25) is 0 Å². The molecule has 0 saturated carbocycles. The summed E-state index contributed by atoms with van der Waals surface area (Å²) in [6, 6.07) is 10.1. The molecule has 3 heteroatoms. The van der Waals surface area contributed by atoms with Crippen LogP contribution >= 0.6 is 0 Å². The largest absolute Gasteiger partial charge is 0.455 e. The van der Waals surface area contributed by atoms with Crippen LogP contribution in [-0.2, 0) is 0 Å². The molecule has 2 aromatic rings. The predicted octanol–water partition coefficient (Wildman–Crippen LogP) is 4.33. The third kappa shape index (κ3) is 3.36. The molecule has 2 rings (SSSR count). The predicted molar refractivity (Wildman–Crippen MR) is 82.2 cm³/mol. The highest BCUT2D eigenvalue weighted by Gasteiger charge is 2.07. The molecule has 2 N–H and O–H groups in total. The van der Waals surface area contributed by atoms with E-state index in [9.17, 15) is 0 Å². The van der Waals surface area contributed by atoms with Crippen molar-refractivity contribution in [2.75, 3.05) is 0 Å². The Hall–Kier alpha value is -1.87. The lowest BCUT2D eigenvalue weighted by Gasteiger charge is -2.13. The molecule has 0 amide bonds. The number of hydrogen-bond donors (Lipinski definition) is 1. The quantitative estimate of drug-likeness (QED) is 0.899. The molecule has 0 bridgehead atoms. The van der Waals surface area contributed by atoms with Gasteiger partial charge in [0.05, 0.1) is 11.9 Å². The molecule has 0 radical (unpaired) electrons. The molecule has 0 saturated heterocycles. The minimum atomic E-state index is -0.0601. The van der Waals surface area contributed by atoms with Crippen LogP contribution in [-0.4, -0.2) is 4.98 Å². The van der Waals surface area contributed by atoms with Gasteiger partial charge in [-0.15, -0.1) is 0 Å². The average molecular weight is 270 g/mol. The van der Waals surface area contributed by atoms with Gasteiger partial charge in [-0.3, -0.25) is 4.98 Å². The summed E-state index contributed by atoms with van der Waals surface area (Å²) in [5.41, 5.74) is 9.04. The van der Waals surface area contributed by atoms with E-state index < -0.39 is 0 Å². The Morgan fingerprint density at radius 3 is 2.40 bits per heavy atom. The fraction of sp³-hybridized carbons (Fsp3) is 0.353. The van der Waals surface area contributed by atoms with Crippen molar-refractivity contribution in [3.05, 3.63) is 53.3 Å². The van der Waals surface area contributed by atoms with Gasteiger partial charge in [0.15, 0.2) is 0 Å². The molecular weight excluding hydrogens is 248 g/mol. The van der Waals surface area contributed by atoms with Crippen molar-refractivity contribution in [2.24, 2.45) is 5.73 Å². The van der Waals surface area contributed by atoms with Crippen LogP contribution in [0.3, 0.4) is 0 Å². The van der Waals surface area contributed by atoms with Crippen LogP contribution in [0.4, 0.5) is 0 Å². The fourth-order valence-corrected chi connectivity index (χ4v) is 1.93. The van der Waals surface area contributed by atoms with Crippen LogP contribution in [0.15, 0.2) is 36.5 Å². The van der Waals surface area contributed by atoms with Crippen molar-refractivity contribution < 1.29 is 4.74 Å². The minimum absolute atomic E-state index is 0.0601. The van der Waals surface area contributed by atoms with Crippen LogP contribution < -0.4 is 10.5 Å². The zero-order chi connectivity index (χ0) is 14.7. The van der Waals surface area contributed by atoms with Gasteiger partial charge in [0.25, 0.3) is 0 Å². The maximum Gasteiger partial charge on any atom is 0.145 e. The van der Waals surface area contributed by atoms with Crippen molar-refractivity contribution in [1.82, 2.24) is 4.98 Å². The second kappa shape index (κ2) is 6.06. The van der Waals surface area contributed by atoms with E-state index in [1.807, 2.05) is 26.0 Å². The molecule has 0 aliphatic carbocycles. The summed E-state index contributed by atoms with van der Waals surface area (Å²) < 4.78 is 5.93. The molecule has 20 heavy (non-hydrogen) atoms. The highest BCUT2D eigenvalue weighted by molar-refractivity contribution is 5.40. The minimum Gasteiger partial charge on any atom is -0.455 e. The fourth-order valence-electron chi connectivity index (χ4n) is 1.93.